The number of hydrogen-bond acceptors (Lipinski definition) is 5. The van der Waals surface area contributed by atoms with Crippen molar-refractivity contribution < 1.29 is 22.8 Å². The highest BCUT2D eigenvalue weighted by Crippen LogP contribution is 2.30. The number of aliphatic hydroxyl groups excluding tert-OH is 1. The average Bonchev–Trinajstić information content (AvgIpc) is 2.24. The van der Waals surface area contributed by atoms with Crippen LogP contribution >= 0.6 is 0 Å². The Balaban J connectivity index is 3.46. The lowest BCUT2D eigenvalue weighted by molar-refractivity contribution is -0.388. The lowest BCUT2D eigenvalue weighted by atomic mass is 10.1. The minimum atomic E-state index is -4.07. The topological polar surface area (TPSA) is 110 Å². The Labute approximate surface area is 115 Å². The van der Waals surface area contributed by atoms with Crippen molar-refractivity contribution in [2.45, 2.75) is 31.8 Å². The molecule has 1 aromatic carbocycles. The largest absolute Gasteiger partial charge is 0.392 e. The summed E-state index contributed by atoms with van der Waals surface area (Å²) in [4.78, 5) is 9.51. The molecular formula is C11H15FN2O5S. The molecule has 0 spiro atoms. The molecule has 0 aliphatic heterocycles. The van der Waals surface area contributed by atoms with Crippen molar-refractivity contribution in [3.8, 4) is 0 Å². The van der Waals surface area contributed by atoms with Gasteiger partial charge in [-0.05, 0) is 32.4 Å². The number of nitrogens with zero attached hydrogens (tertiary/aromatic N) is 1. The summed E-state index contributed by atoms with van der Waals surface area (Å²) in [5.41, 5.74) is -1.08. The van der Waals surface area contributed by atoms with Crippen molar-refractivity contribution in [1.82, 2.24) is 4.72 Å². The number of nitro groups is 1. The minimum Gasteiger partial charge on any atom is -0.392 e. The van der Waals surface area contributed by atoms with Crippen molar-refractivity contribution >= 4 is 15.7 Å². The molecule has 0 aliphatic carbocycles. The van der Waals surface area contributed by atoms with Gasteiger partial charge in [0, 0.05) is 6.54 Å². The number of aryl methyl sites for hydroxylation is 1. The van der Waals surface area contributed by atoms with Crippen LogP contribution in [0, 0.1) is 29.8 Å². The van der Waals surface area contributed by atoms with E-state index in [9.17, 15) is 22.9 Å². The van der Waals surface area contributed by atoms with Crippen LogP contribution in [-0.2, 0) is 10.0 Å². The molecule has 1 rings (SSSR count). The van der Waals surface area contributed by atoms with Crippen LogP contribution in [0.2, 0.25) is 0 Å². The van der Waals surface area contributed by atoms with Gasteiger partial charge in [-0.1, -0.05) is 0 Å². The minimum absolute atomic E-state index is 0.0590. The first-order chi connectivity index (χ1) is 9.08. The highest BCUT2D eigenvalue weighted by molar-refractivity contribution is 7.89. The Kier molecular flexibility index (Phi) is 4.79. The lowest BCUT2D eigenvalue weighted by Gasteiger charge is -2.13. The van der Waals surface area contributed by atoms with Crippen molar-refractivity contribution in [2.75, 3.05) is 6.54 Å². The van der Waals surface area contributed by atoms with E-state index < -0.39 is 32.6 Å². The molecular weight excluding hydrogens is 291 g/mol. The Morgan fingerprint density at radius 2 is 2.05 bits per heavy atom. The van der Waals surface area contributed by atoms with Gasteiger partial charge in [0.25, 0.3) is 0 Å². The van der Waals surface area contributed by atoms with Gasteiger partial charge < -0.3 is 5.11 Å². The van der Waals surface area contributed by atoms with Gasteiger partial charge in [0.05, 0.1) is 21.5 Å². The van der Waals surface area contributed by atoms with E-state index in [0.717, 1.165) is 6.07 Å². The molecule has 2 N–H and O–H groups in total. The summed E-state index contributed by atoms with van der Waals surface area (Å²) in [6.07, 6.45) is -0.916. The monoisotopic (exact) mass is 306 g/mol. The Morgan fingerprint density at radius 3 is 2.50 bits per heavy atom. The van der Waals surface area contributed by atoms with Crippen LogP contribution < -0.4 is 4.72 Å². The summed E-state index contributed by atoms with van der Waals surface area (Å²) in [6.45, 7) is 3.66. The number of rotatable bonds is 5. The van der Waals surface area contributed by atoms with Crippen LogP contribution in [0.4, 0.5) is 10.1 Å². The molecule has 1 aromatic rings. The molecule has 0 heterocycles. The van der Waals surface area contributed by atoms with Crippen LogP contribution in [0.1, 0.15) is 18.1 Å². The quantitative estimate of drug-likeness (QED) is 0.623. The lowest BCUT2D eigenvalue weighted by Crippen LogP contribution is -2.31. The van der Waals surface area contributed by atoms with Gasteiger partial charge in [-0.25, -0.2) is 13.1 Å². The molecule has 112 valence electrons. The maximum absolute atomic E-state index is 13.5. The number of halogens is 1. The third-order valence-corrected chi connectivity index (χ3v) is 4.36. The van der Waals surface area contributed by atoms with E-state index in [-0.39, 0.29) is 22.6 Å². The molecule has 0 aliphatic rings. The number of nitrogens with one attached hydrogen (secondary N) is 1. The summed E-state index contributed by atoms with van der Waals surface area (Å²) >= 11 is 0. The normalized spacial score (nSPS) is 13.2. The number of benzene rings is 1. The zero-order chi connectivity index (χ0) is 15.7. The maximum Gasteiger partial charge on any atom is 0.309 e. The summed E-state index contributed by atoms with van der Waals surface area (Å²) in [5, 5.41) is 19.9. The summed E-state index contributed by atoms with van der Waals surface area (Å²) in [5.74, 6) is -1.08. The molecule has 0 amide bonds. The maximum atomic E-state index is 13.5. The van der Waals surface area contributed by atoms with Crippen LogP contribution in [0.25, 0.3) is 0 Å². The van der Waals surface area contributed by atoms with E-state index in [1.807, 2.05) is 0 Å². The van der Waals surface area contributed by atoms with E-state index in [0.29, 0.717) is 0 Å². The van der Waals surface area contributed by atoms with Crippen LogP contribution in [0.15, 0.2) is 11.0 Å². The van der Waals surface area contributed by atoms with Crippen LogP contribution in [-0.4, -0.2) is 31.1 Å². The fraction of sp³-hybridized carbons (Fsp3) is 0.455. The molecule has 1 atom stereocenters. The van der Waals surface area contributed by atoms with E-state index >= 15 is 0 Å². The molecule has 0 saturated carbocycles. The Bertz CT molecular complexity index is 643. The van der Waals surface area contributed by atoms with E-state index in [1.165, 1.54) is 20.8 Å². The van der Waals surface area contributed by atoms with Gasteiger partial charge >= 0.3 is 5.69 Å². The molecule has 0 saturated heterocycles. The van der Waals surface area contributed by atoms with E-state index in [1.54, 1.807) is 0 Å². The smallest absolute Gasteiger partial charge is 0.309 e. The highest BCUT2D eigenvalue weighted by atomic mass is 32.2. The molecule has 9 heteroatoms. The Hall–Kier alpha value is -1.58. The standard InChI is InChI=1S/C11H15FN2O5S/c1-6-4-9(12)10(14(16)17)8(3)11(6)20(18,19)13-5-7(2)15/h4,7,13,15H,5H2,1-3H3/t7-/m1/s1. The van der Waals surface area contributed by atoms with Crippen molar-refractivity contribution in [3.63, 3.8) is 0 Å². The first kappa shape index (κ1) is 16.5. The molecule has 20 heavy (non-hydrogen) atoms. The Morgan fingerprint density at radius 1 is 1.50 bits per heavy atom. The van der Waals surface area contributed by atoms with Gasteiger partial charge in [0.2, 0.25) is 15.8 Å². The summed E-state index contributed by atoms with van der Waals surface area (Å²) < 4.78 is 39.9. The fourth-order valence-corrected chi connectivity index (χ4v) is 3.43. The molecule has 0 fully saturated rings. The van der Waals surface area contributed by atoms with Gasteiger partial charge in [0.15, 0.2) is 0 Å². The third-order valence-electron chi connectivity index (χ3n) is 2.64. The third kappa shape index (κ3) is 3.30. The first-order valence-electron chi connectivity index (χ1n) is 5.69. The van der Waals surface area contributed by atoms with E-state index in [4.69, 9.17) is 5.11 Å². The van der Waals surface area contributed by atoms with Gasteiger partial charge in [0.1, 0.15) is 0 Å². The number of sulfonamides is 1. The molecule has 7 nitrogen and oxygen atoms in total. The van der Waals surface area contributed by atoms with Crippen molar-refractivity contribution in [3.05, 3.63) is 33.1 Å². The van der Waals surface area contributed by atoms with Crippen LogP contribution in [0.3, 0.4) is 0 Å². The predicted molar refractivity (Wildman–Crippen MR) is 69.4 cm³/mol. The zero-order valence-electron chi connectivity index (χ0n) is 11.2. The van der Waals surface area contributed by atoms with Crippen LogP contribution in [0.5, 0.6) is 0 Å². The summed E-state index contributed by atoms with van der Waals surface area (Å²) in [6, 6.07) is 0.808. The number of hydrogen-bond donors (Lipinski definition) is 2. The fourth-order valence-electron chi connectivity index (χ4n) is 1.85. The van der Waals surface area contributed by atoms with Gasteiger partial charge in [-0.2, -0.15) is 4.39 Å². The number of aliphatic hydroxyl groups is 1. The molecule has 0 unspecified atom stereocenters. The zero-order valence-corrected chi connectivity index (χ0v) is 12.0. The summed E-state index contributed by atoms with van der Waals surface area (Å²) in [7, 11) is -4.07. The predicted octanol–water partition coefficient (Wildman–Crippen LogP) is 1.01. The second-order valence-corrected chi connectivity index (χ2v) is 6.14. The highest BCUT2D eigenvalue weighted by Gasteiger charge is 2.29. The van der Waals surface area contributed by atoms with Crippen molar-refractivity contribution in [2.24, 2.45) is 0 Å². The molecule has 0 radical (unpaired) electrons. The van der Waals surface area contributed by atoms with Gasteiger partial charge in [-0.15, -0.1) is 0 Å². The molecule has 0 aromatic heterocycles. The van der Waals surface area contributed by atoms with Gasteiger partial charge in [-0.3, -0.25) is 10.1 Å². The van der Waals surface area contributed by atoms with Crippen molar-refractivity contribution in [1.29, 1.82) is 0 Å². The number of nitro benzene ring substituents is 1. The second kappa shape index (κ2) is 5.81. The van der Waals surface area contributed by atoms with E-state index in [2.05, 4.69) is 4.72 Å². The first-order valence-corrected chi connectivity index (χ1v) is 7.18. The second-order valence-electron chi connectivity index (χ2n) is 4.44. The SMILES string of the molecule is Cc1cc(F)c([N+](=O)[O-])c(C)c1S(=O)(=O)NC[C@@H](C)O. The average molecular weight is 306 g/mol. The molecule has 0 bridgehead atoms.